The first-order valence-corrected chi connectivity index (χ1v) is 8.16. The van der Waals surface area contributed by atoms with Gasteiger partial charge in [-0.15, -0.1) is 22.7 Å². The van der Waals surface area contributed by atoms with Gasteiger partial charge in [-0.05, 0) is 41.3 Å². The summed E-state index contributed by atoms with van der Waals surface area (Å²) in [7, 11) is 0. The van der Waals surface area contributed by atoms with Crippen molar-refractivity contribution in [3.05, 3.63) is 25.4 Å². The Kier molecular flexibility index (Phi) is 3.30. The standard InChI is InChI=1S/C11H10BrClN2S2/c12-5-4-8(16-10(5)13)11-15-9-6(14)2-1-3-7(9)17-11/h4,6H,1-3,14H2. The Hall–Kier alpha value is 0.0600. The van der Waals surface area contributed by atoms with E-state index in [0.717, 1.165) is 37.2 Å². The molecular formula is C11H10BrClN2S2. The van der Waals surface area contributed by atoms with Gasteiger partial charge in [0.25, 0.3) is 0 Å². The van der Waals surface area contributed by atoms with Crippen molar-refractivity contribution in [2.24, 2.45) is 5.73 Å². The molecule has 0 saturated heterocycles. The highest BCUT2D eigenvalue weighted by atomic mass is 79.9. The van der Waals surface area contributed by atoms with E-state index >= 15 is 0 Å². The van der Waals surface area contributed by atoms with Crippen molar-refractivity contribution >= 4 is 50.2 Å². The van der Waals surface area contributed by atoms with Gasteiger partial charge in [0.1, 0.15) is 9.34 Å². The first-order chi connectivity index (χ1) is 8.15. The summed E-state index contributed by atoms with van der Waals surface area (Å²) in [6.07, 6.45) is 3.33. The van der Waals surface area contributed by atoms with Crippen LogP contribution in [-0.4, -0.2) is 4.98 Å². The number of nitrogens with two attached hydrogens (primary N) is 1. The van der Waals surface area contributed by atoms with Gasteiger partial charge in [-0.3, -0.25) is 0 Å². The van der Waals surface area contributed by atoms with Crippen molar-refractivity contribution < 1.29 is 0 Å². The summed E-state index contributed by atoms with van der Waals surface area (Å²) in [5, 5.41) is 1.05. The van der Waals surface area contributed by atoms with Gasteiger partial charge in [-0.1, -0.05) is 11.6 Å². The molecule has 0 radical (unpaired) electrons. The van der Waals surface area contributed by atoms with Crippen LogP contribution in [0.4, 0.5) is 0 Å². The van der Waals surface area contributed by atoms with Crippen LogP contribution in [0.2, 0.25) is 4.34 Å². The predicted octanol–water partition coefficient (Wildman–Crippen LogP) is 4.62. The fraction of sp³-hybridized carbons (Fsp3) is 0.364. The second-order valence-corrected chi connectivity index (χ2v) is 7.65. The summed E-state index contributed by atoms with van der Waals surface area (Å²) in [4.78, 5) is 7.15. The van der Waals surface area contributed by atoms with Gasteiger partial charge >= 0.3 is 0 Å². The molecule has 2 aromatic heterocycles. The molecule has 0 aromatic carbocycles. The third-order valence-electron chi connectivity index (χ3n) is 2.85. The lowest BCUT2D eigenvalue weighted by Gasteiger charge is -2.15. The molecule has 1 atom stereocenters. The van der Waals surface area contributed by atoms with Crippen molar-refractivity contribution in [2.45, 2.75) is 25.3 Å². The van der Waals surface area contributed by atoms with Crippen molar-refractivity contribution in [1.29, 1.82) is 0 Å². The Morgan fingerprint density at radius 2 is 2.29 bits per heavy atom. The minimum absolute atomic E-state index is 0.114. The molecule has 0 bridgehead atoms. The molecule has 90 valence electrons. The second-order valence-electron chi connectivity index (χ2n) is 4.06. The highest BCUT2D eigenvalue weighted by Gasteiger charge is 2.23. The molecule has 1 unspecified atom stereocenters. The Labute approximate surface area is 121 Å². The summed E-state index contributed by atoms with van der Waals surface area (Å²) in [5.74, 6) is 0. The molecule has 0 saturated carbocycles. The molecule has 1 aliphatic rings. The summed E-state index contributed by atoms with van der Waals surface area (Å²) >= 11 is 12.8. The van der Waals surface area contributed by atoms with Gasteiger partial charge in [-0.2, -0.15) is 0 Å². The molecule has 0 aliphatic heterocycles. The SMILES string of the molecule is NC1CCCc2sc(-c3cc(Br)c(Cl)s3)nc21. The number of rotatable bonds is 1. The maximum absolute atomic E-state index is 6.09. The maximum atomic E-state index is 6.09. The molecule has 3 rings (SSSR count). The largest absolute Gasteiger partial charge is 0.323 e. The lowest BCUT2D eigenvalue weighted by atomic mass is 9.99. The number of fused-ring (bicyclic) bond motifs is 1. The Morgan fingerprint density at radius 1 is 1.47 bits per heavy atom. The first kappa shape index (κ1) is 12.1. The minimum Gasteiger partial charge on any atom is -0.323 e. The average Bonchev–Trinajstić information content (AvgIpc) is 2.85. The zero-order valence-electron chi connectivity index (χ0n) is 8.87. The molecule has 2 aromatic rings. The van der Waals surface area contributed by atoms with Crippen LogP contribution in [0.5, 0.6) is 0 Å². The molecule has 2 nitrogen and oxygen atoms in total. The molecule has 6 heteroatoms. The monoisotopic (exact) mass is 348 g/mol. The van der Waals surface area contributed by atoms with Crippen molar-refractivity contribution in [1.82, 2.24) is 4.98 Å². The van der Waals surface area contributed by atoms with Gasteiger partial charge in [-0.25, -0.2) is 4.98 Å². The molecule has 0 amide bonds. The van der Waals surface area contributed by atoms with Crippen LogP contribution in [0.15, 0.2) is 10.5 Å². The van der Waals surface area contributed by atoms with E-state index in [4.69, 9.17) is 17.3 Å². The van der Waals surface area contributed by atoms with Gasteiger partial charge in [0, 0.05) is 15.4 Å². The van der Waals surface area contributed by atoms with Crippen LogP contribution in [0.3, 0.4) is 0 Å². The summed E-state index contributed by atoms with van der Waals surface area (Å²) in [6.45, 7) is 0. The second kappa shape index (κ2) is 4.63. The van der Waals surface area contributed by atoms with Crippen LogP contribution in [0, 0.1) is 0 Å². The van der Waals surface area contributed by atoms with E-state index < -0.39 is 0 Å². The number of hydrogen-bond acceptors (Lipinski definition) is 4. The smallest absolute Gasteiger partial charge is 0.134 e. The molecule has 2 N–H and O–H groups in total. The third kappa shape index (κ3) is 2.19. The van der Waals surface area contributed by atoms with E-state index in [1.54, 1.807) is 22.7 Å². The van der Waals surface area contributed by atoms with E-state index in [1.807, 2.05) is 6.07 Å². The molecular weight excluding hydrogens is 340 g/mol. The fourth-order valence-electron chi connectivity index (χ4n) is 2.01. The normalized spacial score (nSPS) is 19.4. The Bertz CT molecular complexity index is 544. The van der Waals surface area contributed by atoms with Crippen LogP contribution >= 0.6 is 50.2 Å². The summed E-state index contributed by atoms with van der Waals surface area (Å²) < 4.78 is 1.72. The Balaban J connectivity index is 2.04. The van der Waals surface area contributed by atoms with Crippen molar-refractivity contribution in [2.75, 3.05) is 0 Å². The molecule has 0 spiro atoms. The summed E-state index contributed by atoms with van der Waals surface area (Å²) in [6, 6.07) is 2.14. The predicted molar refractivity (Wildman–Crippen MR) is 78.0 cm³/mol. The lowest BCUT2D eigenvalue weighted by molar-refractivity contribution is 0.564. The van der Waals surface area contributed by atoms with Crippen LogP contribution in [-0.2, 0) is 6.42 Å². The van der Waals surface area contributed by atoms with Crippen molar-refractivity contribution in [3.8, 4) is 9.88 Å². The molecule has 1 aliphatic carbocycles. The topological polar surface area (TPSA) is 38.9 Å². The van der Waals surface area contributed by atoms with Gasteiger partial charge in [0.05, 0.1) is 10.6 Å². The number of nitrogens with zero attached hydrogens (tertiary/aromatic N) is 1. The number of aromatic nitrogens is 1. The highest BCUT2D eigenvalue weighted by molar-refractivity contribution is 9.10. The summed E-state index contributed by atoms with van der Waals surface area (Å²) in [5.41, 5.74) is 7.18. The van der Waals surface area contributed by atoms with E-state index in [0.29, 0.717) is 0 Å². The number of hydrogen-bond donors (Lipinski definition) is 1. The number of thiophene rings is 1. The van der Waals surface area contributed by atoms with Crippen LogP contribution in [0.1, 0.15) is 29.5 Å². The molecule has 0 fully saturated rings. The average molecular weight is 350 g/mol. The highest BCUT2D eigenvalue weighted by Crippen LogP contribution is 2.42. The van der Waals surface area contributed by atoms with E-state index in [-0.39, 0.29) is 6.04 Å². The molecule has 2 heterocycles. The first-order valence-electron chi connectivity index (χ1n) is 5.35. The minimum atomic E-state index is 0.114. The fourth-order valence-corrected chi connectivity index (χ4v) is 4.93. The van der Waals surface area contributed by atoms with Crippen molar-refractivity contribution in [3.63, 3.8) is 0 Å². The Morgan fingerprint density at radius 3 is 2.94 bits per heavy atom. The molecule has 17 heavy (non-hydrogen) atoms. The van der Waals surface area contributed by atoms with E-state index in [9.17, 15) is 0 Å². The van der Waals surface area contributed by atoms with Crippen LogP contribution < -0.4 is 5.73 Å². The zero-order valence-corrected chi connectivity index (χ0v) is 12.8. The van der Waals surface area contributed by atoms with Gasteiger partial charge < -0.3 is 5.73 Å². The lowest BCUT2D eigenvalue weighted by Crippen LogP contribution is -2.16. The number of halogens is 2. The number of thiazole rings is 1. The van der Waals surface area contributed by atoms with Crippen LogP contribution in [0.25, 0.3) is 9.88 Å². The quantitative estimate of drug-likeness (QED) is 0.815. The number of aryl methyl sites for hydroxylation is 1. The zero-order chi connectivity index (χ0) is 12.0. The van der Waals surface area contributed by atoms with E-state index in [1.165, 1.54) is 11.3 Å². The maximum Gasteiger partial charge on any atom is 0.134 e. The van der Waals surface area contributed by atoms with Gasteiger partial charge in [0.15, 0.2) is 0 Å². The van der Waals surface area contributed by atoms with Gasteiger partial charge in [0.2, 0.25) is 0 Å². The van der Waals surface area contributed by atoms with E-state index in [2.05, 4.69) is 20.9 Å². The third-order valence-corrected chi connectivity index (χ3v) is 6.63.